The summed E-state index contributed by atoms with van der Waals surface area (Å²) in [5.41, 5.74) is 13.0. The predicted octanol–water partition coefficient (Wildman–Crippen LogP) is 5.13. The van der Waals surface area contributed by atoms with Gasteiger partial charge in [0.25, 0.3) is 0 Å². The number of nitrogens with zero attached hydrogens (tertiary/aromatic N) is 2. The van der Waals surface area contributed by atoms with Crippen LogP contribution in [0.15, 0.2) is 42.5 Å². The normalized spacial score (nSPS) is 11.9. The molecule has 0 saturated heterocycles. The number of benzene rings is 2. The SMILES string of the molecule is CC(C)c1cccc2c(CCCCN)c(-c3nc4ccccc4n3C)[nH]c12. The number of hydrogen-bond donors (Lipinski definition) is 2. The highest BCUT2D eigenvalue weighted by atomic mass is 15.1. The largest absolute Gasteiger partial charge is 0.352 e. The second kappa shape index (κ2) is 7.20. The first-order valence-electron chi connectivity index (χ1n) is 9.87. The Balaban J connectivity index is 1.96. The highest BCUT2D eigenvalue weighted by Crippen LogP contribution is 2.35. The van der Waals surface area contributed by atoms with Crippen LogP contribution >= 0.6 is 0 Å². The maximum atomic E-state index is 5.74. The summed E-state index contributed by atoms with van der Waals surface area (Å²) in [4.78, 5) is 8.69. The number of hydrogen-bond acceptors (Lipinski definition) is 2. The Morgan fingerprint density at radius 1 is 1.07 bits per heavy atom. The number of fused-ring (bicyclic) bond motifs is 2. The van der Waals surface area contributed by atoms with Gasteiger partial charge >= 0.3 is 0 Å². The van der Waals surface area contributed by atoms with Gasteiger partial charge in [-0.25, -0.2) is 4.98 Å². The number of nitrogens with two attached hydrogens (primary N) is 1. The van der Waals surface area contributed by atoms with Crippen LogP contribution in [0.3, 0.4) is 0 Å². The lowest BCUT2D eigenvalue weighted by Crippen LogP contribution is -2.00. The number of aryl methyl sites for hydroxylation is 2. The summed E-state index contributed by atoms with van der Waals surface area (Å²) < 4.78 is 2.20. The van der Waals surface area contributed by atoms with Crippen LogP contribution in [0.4, 0.5) is 0 Å². The van der Waals surface area contributed by atoms with Crippen LogP contribution in [-0.2, 0) is 13.5 Å². The lowest BCUT2D eigenvalue weighted by molar-refractivity contribution is 0.747. The van der Waals surface area contributed by atoms with Crippen molar-refractivity contribution < 1.29 is 0 Å². The van der Waals surface area contributed by atoms with E-state index in [1.807, 2.05) is 6.07 Å². The number of unbranched alkanes of at least 4 members (excludes halogenated alkanes) is 1. The molecule has 3 N–H and O–H groups in total. The third-order valence-electron chi connectivity index (χ3n) is 5.49. The van der Waals surface area contributed by atoms with Crippen molar-refractivity contribution in [1.82, 2.24) is 14.5 Å². The van der Waals surface area contributed by atoms with Gasteiger partial charge < -0.3 is 15.3 Å². The molecule has 0 fully saturated rings. The third-order valence-corrected chi connectivity index (χ3v) is 5.49. The smallest absolute Gasteiger partial charge is 0.157 e. The first-order valence-corrected chi connectivity index (χ1v) is 9.87. The summed E-state index contributed by atoms with van der Waals surface area (Å²) in [6.45, 7) is 5.23. The first kappa shape index (κ1) is 17.8. The monoisotopic (exact) mass is 360 g/mol. The van der Waals surface area contributed by atoms with E-state index in [9.17, 15) is 0 Å². The molecule has 0 aliphatic rings. The molecule has 0 aliphatic carbocycles. The zero-order valence-corrected chi connectivity index (χ0v) is 16.4. The zero-order chi connectivity index (χ0) is 19.0. The Labute approximate surface area is 160 Å². The molecule has 4 heteroatoms. The summed E-state index contributed by atoms with van der Waals surface area (Å²) >= 11 is 0. The van der Waals surface area contributed by atoms with Crippen molar-refractivity contribution in [1.29, 1.82) is 0 Å². The Bertz CT molecular complexity index is 1080. The molecule has 4 nitrogen and oxygen atoms in total. The van der Waals surface area contributed by atoms with E-state index in [1.54, 1.807) is 0 Å². The summed E-state index contributed by atoms with van der Waals surface area (Å²) in [7, 11) is 2.10. The zero-order valence-electron chi connectivity index (χ0n) is 16.4. The summed E-state index contributed by atoms with van der Waals surface area (Å²) in [6.07, 6.45) is 3.14. The number of aromatic nitrogens is 3. The number of nitrogens with one attached hydrogen (secondary N) is 1. The average Bonchev–Trinajstić information content (AvgIpc) is 3.20. The fourth-order valence-corrected chi connectivity index (χ4v) is 4.04. The van der Waals surface area contributed by atoms with E-state index in [2.05, 4.69) is 66.8 Å². The van der Waals surface area contributed by atoms with Crippen molar-refractivity contribution in [2.45, 2.75) is 39.0 Å². The minimum absolute atomic E-state index is 0.470. The molecule has 140 valence electrons. The van der Waals surface area contributed by atoms with E-state index in [0.717, 1.165) is 48.4 Å². The Morgan fingerprint density at radius 2 is 1.89 bits per heavy atom. The van der Waals surface area contributed by atoms with Gasteiger partial charge in [-0.15, -0.1) is 0 Å². The Hall–Kier alpha value is -2.59. The molecule has 4 rings (SSSR count). The van der Waals surface area contributed by atoms with Crippen molar-refractivity contribution in [3.63, 3.8) is 0 Å². The molecule has 27 heavy (non-hydrogen) atoms. The van der Waals surface area contributed by atoms with E-state index < -0.39 is 0 Å². The molecular formula is C23H28N4. The highest BCUT2D eigenvalue weighted by Gasteiger charge is 2.20. The number of imidazole rings is 1. The van der Waals surface area contributed by atoms with Crippen LogP contribution in [-0.4, -0.2) is 21.1 Å². The van der Waals surface area contributed by atoms with E-state index in [-0.39, 0.29) is 0 Å². The fourth-order valence-electron chi connectivity index (χ4n) is 4.04. The second-order valence-corrected chi connectivity index (χ2v) is 7.63. The van der Waals surface area contributed by atoms with E-state index in [1.165, 1.54) is 22.0 Å². The molecule has 4 aromatic rings. The topological polar surface area (TPSA) is 59.6 Å². The van der Waals surface area contributed by atoms with Gasteiger partial charge in [0.15, 0.2) is 5.82 Å². The summed E-state index contributed by atoms with van der Waals surface area (Å²) in [5, 5.41) is 1.32. The average molecular weight is 361 g/mol. The van der Waals surface area contributed by atoms with Gasteiger partial charge in [0.1, 0.15) is 0 Å². The second-order valence-electron chi connectivity index (χ2n) is 7.63. The van der Waals surface area contributed by atoms with Gasteiger partial charge in [-0.3, -0.25) is 0 Å². The molecule has 2 heterocycles. The maximum absolute atomic E-state index is 5.74. The standard InChI is InChI=1S/C23H28N4/c1-15(2)16-10-8-11-17-18(9-6-7-14-24)22(26-21(16)17)23-25-19-12-4-5-13-20(19)27(23)3/h4-5,8,10-13,15,26H,6-7,9,14,24H2,1-3H3. The number of aromatic amines is 1. The van der Waals surface area contributed by atoms with Gasteiger partial charge in [-0.2, -0.15) is 0 Å². The molecule has 2 aromatic carbocycles. The fraction of sp³-hybridized carbons (Fsp3) is 0.348. The minimum Gasteiger partial charge on any atom is -0.352 e. The number of rotatable bonds is 6. The van der Waals surface area contributed by atoms with Crippen molar-refractivity contribution in [3.05, 3.63) is 53.6 Å². The van der Waals surface area contributed by atoms with Crippen LogP contribution in [0.2, 0.25) is 0 Å². The van der Waals surface area contributed by atoms with E-state index in [4.69, 9.17) is 10.7 Å². The first-order chi connectivity index (χ1) is 13.1. The number of H-pyrrole nitrogens is 1. The van der Waals surface area contributed by atoms with Gasteiger partial charge in [-0.1, -0.05) is 44.2 Å². The van der Waals surface area contributed by atoms with Crippen LogP contribution in [0.5, 0.6) is 0 Å². The van der Waals surface area contributed by atoms with Crippen LogP contribution in [0, 0.1) is 0 Å². The predicted molar refractivity (Wildman–Crippen MR) is 114 cm³/mol. The van der Waals surface area contributed by atoms with Gasteiger partial charge in [0.2, 0.25) is 0 Å². The van der Waals surface area contributed by atoms with Crippen molar-refractivity contribution in [3.8, 4) is 11.5 Å². The molecule has 2 aromatic heterocycles. The Morgan fingerprint density at radius 3 is 2.63 bits per heavy atom. The molecule has 0 aliphatic heterocycles. The Kier molecular flexibility index (Phi) is 4.75. The van der Waals surface area contributed by atoms with Gasteiger partial charge in [0.05, 0.1) is 16.7 Å². The third kappa shape index (κ3) is 3.04. The molecule has 0 saturated carbocycles. The van der Waals surface area contributed by atoms with Crippen LogP contribution in [0.1, 0.15) is 43.7 Å². The molecule has 0 bridgehead atoms. The summed E-state index contributed by atoms with van der Waals surface area (Å²) in [5.74, 6) is 1.47. The van der Waals surface area contributed by atoms with Crippen molar-refractivity contribution in [2.75, 3.05) is 6.54 Å². The maximum Gasteiger partial charge on any atom is 0.157 e. The highest BCUT2D eigenvalue weighted by molar-refractivity contribution is 5.93. The molecule has 0 amide bonds. The lowest BCUT2D eigenvalue weighted by Gasteiger charge is -2.07. The van der Waals surface area contributed by atoms with Crippen LogP contribution in [0.25, 0.3) is 33.5 Å². The van der Waals surface area contributed by atoms with E-state index in [0.29, 0.717) is 5.92 Å². The lowest BCUT2D eigenvalue weighted by atomic mass is 9.98. The quantitative estimate of drug-likeness (QED) is 0.469. The molecule has 0 radical (unpaired) electrons. The van der Waals surface area contributed by atoms with E-state index >= 15 is 0 Å². The molecular weight excluding hydrogens is 332 g/mol. The van der Waals surface area contributed by atoms with Gasteiger partial charge in [-0.05, 0) is 55.0 Å². The number of para-hydroxylation sites is 3. The van der Waals surface area contributed by atoms with Crippen LogP contribution < -0.4 is 5.73 Å². The molecule has 0 atom stereocenters. The molecule has 0 spiro atoms. The van der Waals surface area contributed by atoms with Crippen molar-refractivity contribution in [2.24, 2.45) is 12.8 Å². The summed E-state index contributed by atoms with van der Waals surface area (Å²) in [6, 6.07) is 15.0. The van der Waals surface area contributed by atoms with Crippen molar-refractivity contribution >= 4 is 21.9 Å². The van der Waals surface area contributed by atoms with Gasteiger partial charge in [0, 0.05) is 18.0 Å². The molecule has 0 unspecified atom stereocenters. The minimum atomic E-state index is 0.470.